The minimum Gasteiger partial charge on any atom is -0.339 e. The second-order valence-corrected chi connectivity index (χ2v) is 6.13. The summed E-state index contributed by atoms with van der Waals surface area (Å²) in [7, 11) is 3.03. The number of aromatic nitrogens is 6. The number of likely N-dealkylation sites (N-methyl/N-ethyl adjacent to an activating group) is 1. The predicted molar refractivity (Wildman–Crippen MR) is 95.1 cm³/mol. The summed E-state index contributed by atoms with van der Waals surface area (Å²) in [6, 6.07) is 0. The molecule has 0 saturated carbocycles. The monoisotopic (exact) mass is 361 g/mol. The van der Waals surface area contributed by atoms with Gasteiger partial charge >= 0.3 is 5.69 Å². The van der Waals surface area contributed by atoms with Gasteiger partial charge in [0.25, 0.3) is 5.56 Å². The minimum absolute atomic E-state index is 0.249. The molecule has 0 amide bonds. The molecule has 26 heavy (non-hydrogen) atoms. The third-order valence-electron chi connectivity index (χ3n) is 4.58. The zero-order valence-electron chi connectivity index (χ0n) is 15.5. The standard InChI is InChI=1S/C16H23N7O3/c1-5-22(6-2)8-7-12-18-11(19-26-12)9-23-10-17-14-13(23)15(24)21(4)16(25)20(14)3/h10H,5-9H2,1-4H3. The third kappa shape index (κ3) is 3.19. The van der Waals surface area contributed by atoms with E-state index < -0.39 is 11.2 Å². The molecule has 0 spiro atoms. The van der Waals surface area contributed by atoms with Crippen molar-refractivity contribution in [2.75, 3.05) is 19.6 Å². The summed E-state index contributed by atoms with van der Waals surface area (Å²) in [6.45, 7) is 7.27. The van der Waals surface area contributed by atoms with Crippen molar-refractivity contribution >= 4 is 11.2 Å². The summed E-state index contributed by atoms with van der Waals surface area (Å²) in [5.74, 6) is 1.03. The molecule has 3 heterocycles. The average molecular weight is 361 g/mol. The van der Waals surface area contributed by atoms with Crippen LogP contribution in [0.15, 0.2) is 20.4 Å². The topological polar surface area (TPSA) is 104 Å². The van der Waals surface area contributed by atoms with Gasteiger partial charge < -0.3 is 14.0 Å². The normalized spacial score (nSPS) is 11.7. The highest BCUT2D eigenvalue weighted by molar-refractivity contribution is 5.70. The van der Waals surface area contributed by atoms with Crippen LogP contribution in [-0.2, 0) is 27.1 Å². The van der Waals surface area contributed by atoms with Gasteiger partial charge in [-0.05, 0) is 13.1 Å². The van der Waals surface area contributed by atoms with E-state index >= 15 is 0 Å². The first-order chi connectivity index (χ1) is 12.5. The maximum absolute atomic E-state index is 12.4. The number of fused-ring (bicyclic) bond motifs is 1. The van der Waals surface area contributed by atoms with Gasteiger partial charge in [-0.15, -0.1) is 0 Å². The molecule has 0 radical (unpaired) electrons. The predicted octanol–water partition coefficient (Wildman–Crippen LogP) is -0.251. The lowest BCUT2D eigenvalue weighted by Crippen LogP contribution is -2.37. The summed E-state index contributed by atoms with van der Waals surface area (Å²) < 4.78 is 9.34. The lowest BCUT2D eigenvalue weighted by atomic mass is 10.3. The van der Waals surface area contributed by atoms with Crippen LogP contribution in [0.25, 0.3) is 11.2 Å². The number of hydrogen-bond acceptors (Lipinski definition) is 7. The third-order valence-corrected chi connectivity index (χ3v) is 4.58. The Morgan fingerprint density at radius 1 is 1.15 bits per heavy atom. The summed E-state index contributed by atoms with van der Waals surface area (Å²) in [6.07, 6.45) is 2.19. The molecule has 0 aliphatic carbocycles. The molecule has 0 aliphatic heterocycles. The molecule has 10 heteroatoms. The van der Waals surface area contributed by atoms with Gasteiger partial charge in [0, 0.05) is 27.1 Å². The van der Waals surface area contributed by atoms with Crippen molar-refractivity contribution in [3.8, 4) is 0 Å². The Morgan fingerprint density at radius 2 is 1.88 bits per heavy atom. The van der Waals surface area contributed by atoms with Gasteiger partial charge in [0.1, 0.15) is 0 Å². The van der Waals surface area contributed by atoms with Crippen molar-refractivity contribution < 1.29 is 4.52 Å². The van der Waals surface area contributed by atoms with Gasteiger partial charge in [0.2, 0.25) is 5.89 Å². The number of hydrogen-bond donors (Lipinski definition) is 0. The van der Waals surface area contributed by atoms with E-state index in [0.29, 0.717) is 29.3 Å². The van der Waals surface area contributed by atoms with Crippen LogP contribution in [-0.4, -0.2) is 53.4 Å². The van der Waals surface area contributed by atoms with E-state index in [0.717, 1.165) is 24.2 Å². The van der Waals surface area contributed by atoms with Crippen LogP contribution in [0.2, 0.25) is 0 Å². The SMILES string of the molecule is CCN(CC)CCc1nc(Cn2cnc3c2c(=O)n(C)c(=O)n3C)no1. The lowest BCUT2D eigenvalue weighted by Gasteiger charge is -2.15. The molecule has 0 aromatic carbocycles. The van der Waals surface area contributed by atoms with Crippen LogP contribution >= 0.6 is 0 Å². The fourth-order valence-corrected chi connectivity index (χ4v) is 2.92. The summed E-state index contributed by atoms with van der Waals surface area (Å²) in [5, 5.41) is 3.99. The number of nitrogens with zero attached hydrogens (tertiary/aromatic N) is 7. The molecule has 0 fully saturated rings. The van der Waals surface area contributed by atoms with Crippen molar-refractivity contribution in [2.45, 2.75) is 26.8 Å². The van der Waals surface area contributed by atoms with Crippen LogP contribution < -0.4 is 11.2 Å². The number of aryl methyl sites for hydroxylation is 1. The summed E-state index contributed by atoms with van der Waals surface area (Å²) in [5.41, 5.74) is -0.135. The van der Waals surface area contributed by atoms with E-state index in [-0.39, 0.29) is 6.54 Å². The Kier molecular flexibility index (Phi) is 5.03. The largest absolute Gasteiger partial charge is 0.339 e. The molecular weight excluding hydrogens is 338 g/mol. The highest BCUT2D eigenvalue weighted by Crippen LogP contribution is 2.08. The first-order valence-electron chi connectivity index (χ1n) is 8.60. The van der Waals surface area contributed by atoms with Gasteiger partial charge in [-0.2, -0.15) is 4.98 Å². The Bertz CT molecular complexity index is 1020. The second kappa shape index (κ2) is 7.24. The highest BCUT2D eigenvalue weighted by atomic mass is 16.5. The smallest absolute Gasteiger partial charge is 0.332 e. The van der Waals surface area contributed by atoms with Crippen molar-refractivity contribution in [2.24, 2.45) is 14.1 Å². The van der Waals surface area contributed by atoms with E-state index in [2.05, 4.69) is 33.9 Å². The summed E-state index contributed by atoms with van der Waals surface area (Å²) >= 11 is 0. The first-order valence-corrected chi connectivity index (χ1v) is 8.60. The first kappa shape index (κ1) is 18.1. The molecule has 0 atom stereocenters. The van der Waals surface area contributed by atoms with E-state index in [1.165, 1.54) is 17.9 Å². The molecule has 0 saturated heterocycles. The molecule has 10 nitrogen and oxygen atoms in total. The fraction of sp³-hybridized carbons (Fsp3) is 0.562. The van der Waals surface area contributed by atoms with Gasteiger partial charge in [-0.1, -0.05) is 19.0 Å². The Labute approximate surface area is 149 Å². The van der Waals surface area contributed by atoms with Crippen LogP contribution in [0, 0.1) is 0 Å². The fourth-order valence-electron chi connectivity index (χ4n) is 2.92. The van der Waals surface area contributed by atoms with Crippen molar-refractivity contribution in [1.29, 1.82) is 0 Å². The molecule has 3 aromatic heterocycles. The summed E-state index contributed by atoms with van der Waals surface area (Å²) in [4.78, 5) is 35.3. The molecule has 140 valence electrons. The van der Waals surface area contributed by atoms with Gasteiger partial charge in [0.15, 0.2) is 17.0 Å². The van der Waals surface area contributed by atoms with Crippen LogP contribution in [0.3, 0.4) is 0 Å². The van der Waals surface area contributed by atoms with Crippen LogP contribution in [0.4, 0.5) is 0 Å². The molecule has 0 unspecified atom stereocenters. The second-order valence-electron chi connectivity index (χ2n) is 6.13. The Balaban J connectivity index is 1.84. The Hall–Kier alpha value is -2.75. The molecular formula is C16H23N7O3. The molecule has 0 aliphatic rings. The van der Waals surface area contributed by atoms with Crippen LogP contribution in [0.1, 0.15) is 25.6 Å². The molecule has 0 bridgehead atoms. The van der Waals surface area contributed by atoms with Crippen molar-refractivity contribution in [1.82, 2.24) is 33.7 Å². The zero-order valence-corrected chi connectivity index (χ0v) is 15.5. The quantitative estimate of drug-likeness (QED) is 0.571. The average Bonchev–Trinajstić information content (AvgIpc) is 3.26. The Morgan fingerprint density at radius 3 is 2.58 bits per heavy atom. The zero-order chi connectivity index (χ0) is 18.8. The molecule has 0 N–H and O–H groups in total. The van der Waals surface area contributed by atoms with Gasteiger partial charge in [-0.25, -0.2) is 9.78 Å². The van der Waals surface area contributed by atoms with E-state index in [1.54, 1.807) is 11.6 Å². The van der Waals surface area contributed by atoms with E-state index in [1.807, 2.05) is 0 Å². The van der Waals surface area contributed by atoms with Crippen molar-refractivity contribution in [3.63, 3.8) is 0 Å². The highest BCUT2D eigenvalue weighted by Gasteiger charge is 2.16. The lowest BCUT2D eigenvalue weighted by molar-refractivity contribution is 0.286. The number of imidazole rings is 1. The number of rotatable bonds is 7. The maximum atomic E-state index is 12.4. The molecule has 3 rings (SSSR count). The van der Waals surface area contributed by atoms with Gasteiger partial charge in [-0.3, -0.25) is 13.9 Å². The van der Waals surface area contributed by atoms with Gasteiger partial charge in [0.05, 0.1) is 12.9 Å². The van der Waals surface area contributed by atoms with Crippen LogP contribution in [0.5, 0.6) is 0 Å². The molecule has 3 aromatic rings. The minimum atomic E-state index is -0.411. The van der Waals surface area contributed by atoms with E-state index in [4.69, 9.17) is 4.52 Å². The van der Waals surface area contributed by atoms with Crippen molar-refractivity contribution in [3.05, 3.63) is 38.9 Å². The maximum Gasteiger partial charge on any atom is 0.332 e. The van der Waals surface area contributed by atoms with E-state index in [9.17, 15) is 9.59 Å².